The second kappa shape index (κ2) is 12.1. The van der Waals surface area contributed by atoms with Crippen LogP contribution in [0.2, 0.25) is 0 Å². The third kappa shape index (κ3) is 7.41. The van der Waals surface area contributed by atoms with Gasteiger partial charge in [0.15, 0.2) is 11.6 Å². The number of pyridine rings is 2. The van der Waals surface area contributed by atoms with E-state index in [0.29, 0.717) is 17.1 Å². The molecule has 0 unspecified atom stereocenters. The first-order valence-electron chi connectivity index (χ1n) is 13.1. The zero-order valence-corrected chi connectivity index (χ0v) is 23.6. The Morgan fingerprint density at radius 3 is 2.41 bits per heavy atom. The van der Waals surface area contributed by atoms with E-state index in [1.54, 1.807) is 40.0 Å². The monoisotopic (exact) mass is 560 g/mol. The van der Waals surface area contributed by atoms with Crippen molar-refractivity contribution in [2.75, 3.05) is 10.6 Å². The molecule has 3 aromatic heterocycles. The number of rotatable bonds is 10. The number of hydrogen-bond acceptors (Lipinski definition) is 9. The van der Waals surface area contributed by atoms with Crippen LogP contribution in [0.3, 0.4) is 0 Å². The molecular weight excluding hydrogens is 527 g/mol. The topological polar surface area (TPSA) is 150 Å². The highest BCUT2D eigenvalue weighted by molar-refractivity contribution is 5.98. The Balaban J connectivity index is 1.68. The lowest BCUT2D eigenvalue weighted by Crippen LogP contribution is -2.28. The van der Waals surface area contributed by atoms with Crippen LogP contribution in [0.15, 0.2) is 61.1 Å². The molecule has 0 bridgehead atoms. The Kier molecular flexibility index (Phi) is 8.60. The van der Waals surface area contributed by atoms with E-state index in [-0.39, 0.29) is 35.5 Å². The zero-order valence-electron chi connectivity index (χ0n) is 23.6. The molecule has 0 aliphatic heterocycles. The number of halogens is 1. The largest absolute Gasteiger partial charge is 0.460 e. The van der Waals surface area contributed by atoms with Crippen LogP contribution in [0.4, 0.5) is 21.7 Å². The van der Waals surface area contributed by atoms with Crippen LogP contribution in [0, 0.1) is 18.7 Å². The van der Waals surface area contributed by atoms with Gasteiger partial charge in [-0.25, -0.2) is 9.37 Å². The average Bonchev–Trinajstić information content (AvgIpc) is 3.43. The van der Waals surface area contributed by atoms with Crippen LogP contribution < -0.4 is 16.4 Å². The Morgan fingerprint density at radius 1 is 1.10 bits per heavy atom. The molecular formula is C29H33FN8O3. The van der Waals surface area contributed by atoms with Gasteiger partial charge in [-0.15, -0.1) is 4.80 Å². The fraction of sp³-hybridized carbons (Fsp3) is 0.310. The van der Waals surface area contributed by atoms with Gasteiger partial charge >= 0.3 is 5.97 Å². The smallest absolute Gasteiger partial charge is 0.306 e. The number of nitrogens with two attached hydrogens (primary N) is 1. The van der Waals surface area contributed by atoms with Gasteiger partial charge in [0.2, 0.25) is 0 Å². The summed E-state index contributed by atoms with van der Waals surface area (Å²) >= 11 is 0. The van der Waals surface area contributed by atoms with Gasteiger partial charge in [-0.2, -0.15) is 10.2 Å². The number of nitrogens with zero attached hydrogens (tertiary/aromatic N) is 5. The fourth-order valence-corrected chi connectivity index (χ4v) is 4.27. The Labute approximate surface area is 237 Å². The molecule has 0 fully saturated rings. The van der Waals surface area contributed by atoms with E-state index in [1.807, 2.05) is 37.3 Å². The summed E-state index contributed by atoms with van der Waals surface area (Å²) in [4.78, 5) is 35.0. The van der Waals surface area contributed by atoms with Gasteiger partial charge in [0.25, 0.3) is 5.91 Å². The second-order valence-electron chi connectivity index (χ2n) is 10.7. The molecule has 214 valence electrons. The van der Waals surface area contributed by atoms with Gasteiger partial charge in [0.05, 0.1) is 48.0 Å². The number of carbonyl (C=O) groups is 2. The van der Waals surface area contributed by atoms with E-state index < -0.39 is 23.4 Å². The first-order valence-corrected chi connectivity index (χ1v) is 13.1. The van der Waals surface area contributed by atoms with E-state index in [4.69, 9.17) is 10.5 Å². The van der Waals surface area contributed by atoms with Crippen molar-refractivity contribution in [1.29, 1.82) is 0 Å². The molecule has 0 radical (unpaired) electrons. The van der Waals surface area contributed by atoms with Crippen molar-refractivity contribution in [3.8, 4) is 5.69 Å². The number of aryl methyl sites for hydroxylation is 1. The Bertz CT molecular complexity index is 1520. The third-order valence-corrected chi connectivity index (χ3v) is 6.13. The van der Waals surface area contributed by atoms with Crippen LogP contribution in [-0.4, -0.2) is 42.4 Å². The zero-order chi connectivity index (χ0) is 29.7. The van der Waals surface area contributed by atoms with E-state index in [0.717, 1.165) is 11.6 Å². The lowest BCUT2D eigenvalue weighted by Gasteiger charge is -2.28. The summed E-state index contributed by atoms with van der Waals surface area (Å²) in [5.41, 5.74) is 7.32. The number of amides is 1. The summed E-state index contributed by atoms with van der Waals surface area (Å²) in [6.45, 7) is 9.07. The lowest BCUT2D eigenvalue weighted by molar-refractivity contribution is -0.155. The molecule has 3 heterocycles. The highest BCUT2D eigenvalue weighted by Crippen LogP contribution is 2.32. The summed E-state index contributed by atoms with van der Waals surface area (Å²) in [5, 5.41) is 14.4. The summed E-state index contributed by atoms with van der Waals surface area (Å²) in [5.74, 6) is -2.43. The number of anilines is 3. The predicted octanol–water partition coefficient (Wildman–Crippen LogP) is 4.87. The van der Waals surface area contributed by atoms with Crippen molar-refractivity contribution in [3.05, 3.63) is 83.7 Å². The van der Waals surface area contributed by atoms with Crippen LogP contribution in [0.1, 0.15) is 61.8 Å². The van der Waals surface area contributed by atoms with Gasteiger partial charge < -0.3 is 21.1 Å². The molecule has 41 heavy (non-hydrogen) atoms. The van der Waals surface area contributed by atoms with Gasteiger partial charge in [-0.1, -0.05) is 37.3 Å². The van der Waals surface area contributed by atoms with E-state index in [2.05, 4.69) is 30.8 Å². The van der Waals surface area contributed by atoms with Crippen LogP contribution in [-0.2, 0) is 9.53 Å². The number of hydrogen-bond donors (Lipinski definition) is 3. The minimum atomic E-state index is -0.864. The fourth-order valence-electron chi connectivity index (χ4n) is 4.27. The maximum atomic E-state index is 15.4. The summed E-state index contributed by atoms with van der Waals surface area (Å²) in [7, 11) is 0. The van der Waals surface area contributed by atoms with Crippen molar-refractivity contribution >= 4 is 29.2 Å². The number of benzene rings is 1. The van der Waals surface area contributed by atoms with E-state index in [1.165, 1.54) is 17.2 Å². The van der Waals surface area contributed by atoms with Gasteiger partial charge in [-0.05, 0) is 51.3 Å². The van der Waals surface area contributed by atoms with E-state index in [9.17, 15) is 9.59 Å². The number of primary amides is 1. The summed E-state index contributed by atoms with van der Waals surface area (Å²) in [6.07, 6.45) is 4.70. The Hall–Kier alpha value is -4.87. The normalized spacial score (nSPS) is 12.8. The molecule has 0 aliphatic carbocycles. The average molecular weight is 561 g/mol. The first kappa shape index (κ1) is 29.1. The predicted molar refractivity (Wildman–Crippen MR) is 152 cm³/mol. The van der Waals surface area contributed by atoms with Crippen molar-refractivity contribution in [1.82, 2.24) is 25.0 Å². The first-order chi connectivity index (χ1) is 19.4. The molecule has 4 aromatic rings. The number of nitrogens with one attached hydrogen (secondary N) is 2. The molecule has 4 N–H and O–H groups in total. The van der Waals surface area contributed by atoms with Crippen molar-refractivity contribution in [2.45, 2.75) is 52.7 Å². The van der Waals surface area contributed by atoms with Crippen molar-refractivity contribution in [2.24, 2.45) is 11.7 Å². The van der Waals surface area contributed by atoms with Crippen LogP contribution in [0.5, 0.6) is 0 Å². The molecule has 2 atom stereocenters. The molecule has 11 nitrogen and oxygen atoms in total. The van der Waals surface area contributed by atoms with Gasteiger partial charge in [0, 0.05) is 0 Å². The SMILES string of the molecule is Cc1ncc(Nc2nc(N[C@H](c3ccccc3)[C@H](C)CC(=O)OC(C)(C)C)c(F)cc2C(N)=O)cc1-n1nccn1. The van der Waals surface area contributed by atoms with Crippen molar-refractivity contribution < 1.29 is 18.7 Å². The van der Waals surface area contributed by atoms with Crippen LogP contribution >= 0.6 is 0 Å². The quantitative estimate of drug-likeness (QED) is 0.231. The van der Waals surface area contributed by atoms with Crippen LogP contribution in [0.25, 0.3) is 5.69 Å². The summed E-state index contributed by atoms with van der Waals surface area (Å²) in [6, 6.07) is 11.6. The molecule has 0 saturated heterocycles. The van der Waals surface area contributed by atoms with E-state index >= 15 is 4.39 Å². The molecule has 1 amide bonds. The molecule has 12 heteroatoms. The van der Waals surface area contributed by atoms with Gasteiger partial charge in [0.1, 0.15) is 17.1 Å². The minimum Gasteiger partial charge on any atom is -0.460 e. The standard InChI is InChI=1S/C29H33FN8O3/c1-17(13-24(39)41-29(3,4)5)25(19-9-7-6-8-10-19)36-28-22(30)15-21(26(31)40)27(37-28)35-20-14-23(18(2)32-16-20)38-33-11-12-34-38/h6-12,14-17,25H,13H2,1-5H3,(H2,31,40)(H2,35,36,37)/t17-,25+/m1/s1. The summed E-state index contributed by atoms with van der Waals surface area (Å²) < 4.78 is 20.9. The molecule has 0 aliphatic rings. The number of esters is 1. The molecule has 1 aromatic carbocycles. The van der Waals surface area contributed by atoms with Crippen molar-refractivity contribution in [3.63, 3.8) is 0 Å². The maximum Gasteiger partial charge on any atom is 0.306 e. The number of carbonyl (C=O) groups excluding carboxylic acids is 2. The number of aromatic nitrogens is 5. The third-order valence-electron chi connectivity index (χ3n) is 6.13. The minimum absolute atomic E-state index is 0.0260. The second-order valence-corrected chi connectivity index (χ2v) is 10.7. The molecule has 4 rings (SSSR count). The maximum absolute atomic E-state index is 15.4. The Morgan fingerprint density at radius 2 is 1.78 bits per heavy atom. The highest BCUT2D eigenvalue weighted by atomic mass is 19.1. The number of ether oxygens (including phenoxy) is 1. The van der Waals surface area contributed by atoms with Gasteiger partial charge in [-0.3, -0.25) is 14.6 Å². The molecule has 0 saturated carbocycles. The highest BCUT2D eigenvalue weighted by Gasteiger charge is 2.27. The lowest BCUT2D eigenvalue weighted by atomic mass is 9.91. The molecule has 0 spiro atoms.